The Morgan fingerprint density at radius 1 is 1.36 bits per heavy atom. The number of carbonyl (C=O) groups is 2. The fraction of sp³-hybridized carbons (Fsp3) is 0.529. The van der Waals surface area contributed by atoms with Gasteiger partial charge in [0.05, 0.1) is 23.0 Å². The van der Waals surface area contributed by atoms with Crippen molar-refractivity contribution in [2.45, 2.75) is 25.7 Å². The average Bonchev–Trinajstić information content (AvgIpc) is 3.06. The highest BCUT2D eigenvalue weighted by Crippen LogP contribution is 2.44. The minimum Gasteiger partial charge on any atom is -0.465 e. The number of hydrogen-bond donors (Lipinski definition) is 2. The van der Waals surface area contributed by atoms with Crippen molar-refractivity contribution in [2.24, 2.45) is 11.3 Å². The maximum atomic E-state index is 13.0. The van der Waals surface area contributed by atoms with Gasteiger partial charge in [0.1, 0.15) is 0 Å². The van der Waals surface area contributed by atoms with E-state index in [1.54, 1.807) is 0 Å². The SMILES string of the molecule is COC(=O)c1cc(NC(=O)[C@@]23CCCC[C@H]2CNC3)cc([N+](=O)[O-])c1. The number of esters is 1. The molecule has 2 fully saturated rings. The lowest BCUT2D eigenvalue weighted by Gasteiger charge is -2.37. The van der Waals surface area contributed by atoms with Gasteiger partial charge in [-0.15, -0.1) is 0 Å². The van der Waals surface area contributed by atoms with Gasteiger partial charge in [-0.1, -0.05) is 12.8 Å². The maximum absolute atomic E-state index is 13.0. The van der Waals surface area contributed by atoms with Gasteiger partial charge in [0.15, 0.2) is 0 Å². The molecule has 2 atom stereocenters. The molecule has 0 radical (unpaired) electrons. The van der Waals surface area contributed by atoms with Crippen molar-refractivity contribution in [1.82, 2.24) is 5.32 Å². The van der Waals surface area contributed by atoms with Crippen LogP contribution in [0.4, 0.5) is 11.4 Å². The molecule has 25 heavy (non-hydrogen) atoms. The summed E-state index contributed by atoms with van der Waals surface area (Å²) in [6.07, 6.45) is 3.91. The van der Waals surface area contributed by atoms with E-state index >= 15 is 0 Å². The lowest BCUT2D eigenvalue weighted by Crippen LogP contribution is -2.44. The van der Waals surface area contributed by atoms with Crippen LogP contribution in [0.25, 0.3) is 0 Å². The van der Waals surface area contributed by atoms with Gasteiger partial charge >= 0.3 is 5.97 Å². The first-order valence-corrected chi connectivity index (χ1v) is 8.36. The third kappa shape index (κ3) is 3.21. The molecule has 8 nitrogen and oxygen atoms in total. The number of benzene rings is 1. The Labute approximate surface area is 145 Å². The summed E-state index contributed by atoms with van der Waals surface area (Å²) < 4.78 is 4.63. The van der Waals surface area contributed by atoms with Crippen LogP contribution < -0.4 is 10.6 Å². The lowest BCUT2D eigenvalue weighted by molar-refractivity contribution is -0.384. The monoisotopic (exact) mass is 347 g/mol. The van der Waals surface area contributed by atoms with Gasteiger partial charge < -0.3 is 15.4 Å². The molecule has 1 aromatic carbocycles. The van der Waals surface area contributed by atoms with Crippen LogP contribution in [-0.2, 0) is 9.53 Å². The van der Waals surface area contributed by atoms with E-state index in [0.717, 1.165) is 38.3 Å². The topological polar surface area (TPSA) is 111 Å². The number of nitrogens with zero attached hydrogens (tertiary/aromatic N) is 1. The first-order chi connectivity index (χ1) is 12.0. The molecule has 1 saturated heterocycles. The van der Waals surface area contributed by atoms with Gasteiger partial charge in [-0.2, -0.15) is 0 Å². The minimum atomic E-state index is -0.685. The Morgan fingerprint density at radius 2 is 2.16 bits per heavy atom. The van der Waals surface area contributed by atoms with Crippen LogP contribution >= 0.6 is 0 Å². The number of carbonyl (C=O) groups excluding carboxylic acids is 2. The van der Waals surface area contributed by atoms with Gasteiger partial charge in [0, 0.05) is 24.4 Å². The van der Waals surface area contributed by atoms with Crippen molar-refractivity contribution in [1.29, 1.82) is 0 Å². The second-order valence-corrected chi connectivity index (χ2v) is 6.70. The fourth-order valence-electron chi connectivity index (χ4n) is 3.97. The lowest BCUT2D eigenvalue weighted by atomic mass is 9.67. The Bertz CT molecular complexity index is 720. The molecular formula is C17H21N3O5. The molecule has 2 N–H and O–H groups in total. The highest BCUT2D eigenvalue weighted by atomic mass is 16.6. The molecule has 1 heterocycles. The quantitative estimate of drug-likeness (QED) is 0.490. The second kappa shape index (κ2) is 6.79. The number of hydrogen-bond acceptors (Lipinski definition) is 6. The highest BCUT2D eigenvalue weighted by molar-refractivity contribution is 5.98. The van der Waals surface area contributed by atoms with Crippen molar-refractivity contribution >= 4 is 23.3 Å². The molecule has 3 rings (SSSR count). The predicted octanol–water partition coefficient (Wildman–Crippen LogP) is 2.10. The van der Waals surface area contributed by atoms with E-state index in [-0.39, 0.29) is 28.8 Å². The van der Waals surface area contributed by atoms with E-state index in [0.29, 0.717) is 6.54 Å². The summed E-state index contributed by atoms with van der Waals surface area (Å²) in [5, 5.41) is 17.2. The number of fused-ring (bicyclic) bond motifs is 1. The van der Waals surface area contributed by atoms with Crippen LogP contribution in [0.5, 0.6) is 0 Å². The van der Waals surface area contributed by atoms with Crippen LogP contribution in [0.2, 0.25) is 0 Å². The molecular weight excluding hydrogens is 326 g/mol. The zero-order chi connectivity index (χ0) is 18.0. The molecule has 1 amide bonds. The summed E-state index contributed by atoms with van der Waals surface area (Å²) >= 11 is 0. The van der Waals surface area contributed by atoms with Crippen molar-refractivity contribution in [3.8, 4) is 0 Å². The third-order valence-corrected chi connectivity index (χ3v) is 5.30. The van der Waals surface area contributed by atoms with Crippen LogP contribution in [0.15, 0.2) is 18.2 Å². The van der Waals surface area contributed by atoms with Gasteiger partial charge in [0.2, 0.25) is 5.91 Å². The third-order valence-electron chi connectivity index (χ3n) is 5.30. The van der Waals surface area contributed by atoms with Gasteiger partial charge in [-0.3, -0.25) is 14.9 Å². The molecule has 2 aliphatic rings. The zero-order valence-corrected chi connectivity index (χ0v) is 14.0. The van der Waals surface area contributed by atoms with Crippen molar-refractivity contribution in [3.63, 3.8) is 0 Å². The van der Waals surface area contributed by atoms with E-state index in [1.807, 2.05) is 0 Å². The molecule has 0 bridgehead atoms. The fourth-order valence-corrected chi connectivity index (χ4v) is 3.97. The predicted molar refractivity (Wildman–Crippen MR) is 90.3 cm³/mol. The Balaban J connectivity index is 1.89. The summed E-state index contributed by atoms with van der Waals surface area (Å²) in [4.78, 5) is 35.2. The molecule has 1 aromatic rings. The van der Waals surface area contributed by atoms with Crippen molar-refractivity contribution in [2.75, 3.05) is 25.5 Å². The smallest absolute Gasteiger partial charge is 0.338 e. The molecule has 0 unspecified atom stereocenters. The van der Waals surface area contributed by atoms with E-state index in [9.17, 15) is 19.7 Å². The standard InChI is InChI=1S/C17H21N3O5/c1-25-15(21)11-6-13(8-14(7-11)20(23)24)19-16(22)17-5-3-2-4-12(17)9-18-10-17/h6-8,12,18H,2-5,9-10H2,1H3,(H,19,22)/t12-,17+/m0/s1. The summed E-state index contributed by atoms with van der Waals surface area (Å²) in [5.41, 5.74) is -0.464. The van der Waals surface area contributed by atoms with E-state index < -0.39 is 16.3 Å². The number of ether oxygens (including phenoxy) is 1. The number of non-ortho nitro benzene ring substituents is 1. The normalized spacial score (nSPS) is 25.1. The largest absolute Gasteiger partial charge is 0.465 e. The van der Waals surface area contributed by atoms with E-state index in [1.165, 1.54) is 19.2 Å². The van der Waals surface area contributed by atoms with Crippen molar-refractivity contribution in [3.05, 3.63) is 33.9 Å². The molecule has 134 valence electrons. The number of nitrogens with one attached hydrogen (secondary N) is 2. The van der Waals surface area contributed by atoms with Crippen molar-refractivity contribution < 1.29 is 19.2 Å². The summed E-state index contributed by atoms with van der Waals surface area (Å²) in [6, 6.07) is 3.81. The van der Waals surface area contributed by atoms with Crippen LogP contribution in [0.3, 0.4) is 0 Å². The molecule has 1 aliphatic heterocycles. The number of amides is 1. The van der Waals surface area contributed by atoms with Crippen LogP contribution in [0, 0.1) is 21.4 Å². The van der Waals surface area contributed by atoms with Gasteiger partial charge in [-0.25, -0.2) is 4.79 Å². The second-order valence-electron chi connectivity index (χ2n) is 6.70. The average molecular weight is 347 g/mol. The molecule has 0 aromatic heterocycles. The van der Waals surface area contributed by atoms with Crippen LogP contribution in [0.1, 0.15) is 36.0 Å². The Hall–Kier alpha value is -2.48. The first kappa shape index (κ1) is 17.3. The Kier molecular flexibility index (Phi) is 4.71. The first-order valence-electron chi connectivity index (χ1n) is 8.36. The molecule has 1 saturated carbocycles. The highest BCUT2D eigenvalue weighted by Gasteiger charge is 2.49. The molecule has 0 spiro atoms. The molecule has 1 aliphatic carbocycles. The number of rotatable bonds is 4. The summed E-state index contributed by atoms with van der Waals surface area (Å²) in [6.45, 7) is 1.43. The number of nitro groups is 1. The maximum Gasteiger partial charge on any atom is 0.338 e. The van der Waals surface area contributed by atoms with E-state index in [4.69, 9.17) is 0 Å². The van der Waals surface area contributed by atoms with Gasteiger partial charge in [-0.05, 0) is 31.4 Å². The number of anilines is 1. The summed E-state index contributed by atoms with van der Waals surface area (Å²) in [7, 11) is 1.20. The number of nitro benzene ring substituents is 1. The van der Waals surface area contributed by atoms with Gasteiger partial charge in [0.25, 0.3) is 5.69 Å². The Morgan fingerprint density at radius 3 is 2.88 bits per heavy atom. The zero-order valence-electron chi connectivity index (χ0n) is 14.0. The van der Waals surface area contributed by atoms with Crippen LogP contribution in [-0.4, -0.2) is 37.0 Å². The number of methoxy groups -OCH3 is 1. The molecule has 8 heteroatoms. The summed E-state index contributed by atoms with van der Waals surface area (Å²) in [5.74, 6) is -0.547. The minimum absolute atomic E-state index is 0.0363. The van der Waals surface area contributed by atoms with E-state index in [2.05, 4.69) is 15.4 Å².